The Kier molecular flexibility index (Phi) is 6.78. The Morgan fingerprint density at radius 3 is 2.44 bits per heavy atom. The van der Waals surface area contributed by atoms with Crippen molar-refractivity contribution in [2.24, 2.45) is 0 Å². The van der Waals surface area contributed by atoms with Crippen LogP contribution in [0.3, 0.4) is 0 Å². The Hall–Kier alpha value is -1.57. The van der Waals surface area contributed by atoms with Gasteiger partial charge in [0.05, 0.1) is 10.6 Å². The van der Waals surface area contributed by atoms with Crippen LogP contribution in [0.15, 0.2) is 51.1 Å². The van der Waals surface area contributed by atoms with Gasteiger partial charge < -0.3 is 5.73 Å². The van der Waals surface area contributed by atoms with Gasteiger partial charge in [-0.2, -0.15) is 4.31 Å². The molecule has 1 aliphatic heterocycles. The zero-order chi connectivity index (χ0) is 19.3. The summed E-state index contributed by atoms with van der Waals surface area (Å²) in [5, 5.41) is 0. The number of hydrogen-bond donors (Lipinski definition) is 1. The number of aryl methyl sites for hydroxylation is 1. The van der Waals surface area contributed by atoms with Gasteiger partial charge in [0.1, 0.15) is 5.82 Å². The van der Waals surface area contributed by atoms with Gasteiger partial charge >= 0.3 is 0 Å². The summed E-state index contributed by atoms with van der Waals surface area (Å²) in [4.78, 5) is 6.92. The number of aromatic nitrogens is 1. The highest BCUT2D eigenvalue weighted by Crippen LogP contribution is 2.32. The summed E-state index contributed by atoms with van der Waals surface area (Å²) in [7, 11) is -3.38. The molecule has 2 heterocycles. The van der Waals surface area contributed by atoms with Gasteiger partial charge in [0.2, 0.25) is 10.0 Å². The SMILES string of the molecule is CCCCc1nc(N)ccc1Sc1ccc(S(=O)(=O)N2CCCCC2)cc1. The van der Waals surface area contributed by atoms with Crippen molar-refractivity contribution >= 4 is 27.6 Å². The third kappa shape index (κ3) is 5.03. The first-order chi connectivity index (χ1) is 13.0. The molecule has 0 spiro atoms. The molecule has 3 rings (SSSR count). The number of benzene rings is 1. The molecule has 0 atom stereocenters. The van der Waals surface area contributed by atoms with Crippen molar-refractivity contribution in [3.05, 3.63) is 42.1 Å². The number of rotatable bonds is 7. The van der Waals surface area contributed by atoms with Crippen LogP contribution >= 0.6 is 11.8 Å². The molecule has 7 heteroatoms. The highest BCUT2D eigenvalue weighted by molar-refractivity contribution is 7.99. The van der Waals surface area contributed by atoms with Crippen LogP contribution in [-0.4, -0.2) is 30.8 Å². The Morgan fingerprint density at radius 1 is 1.07 bits per heavy atom. The van der Waals surface area contributed by atoms with Crippen molar-refractivity contribution in [3.8, 4) is 0 Å². The number of nitrogen functional groups attached to an aromatic ring is 1. The Labute approximate surface area is 166 Å². The maximum atomic E-state index is 12.8. The van der Waals surface area contributed by atoms with E-state index in [0.29, 0.717) is 23.8 Å². The molecule has 27 heavy (non-hydrogen) atoms. The highest BCUT2D eigenvalue weighted by atomic mass is 32.2. The van der Waals surface area contributed by atoms with E-state index in [1.165, 1.54) is 0 Å². The number of hydrogen-bond acceptors (Lipinski definition) is 5. The molecule has 0 radical (unpaired) electrons. The Morgan fingerprint density at radius 2 is 1.78 bits per heavy atom. The van der Waals surface area contributed by atoms with Crippen LogP contribution in [0.2, 0.25) is 0 Å². The Bertz CT molecular complexity index is 861. The lowest BCUT2D eigenvalue weighted by molar-refractivity contribution is 0.346. The summed E-state index contributed by atoms with van der Waals surface area (Å²) >= 11 is 1.60. The number of unbranched alkanes of at least 4 members (excludes halogenated alkanes) is 1. The van der Waals surface area contributed by atoms with E-state index in [9.17, 15) is 8.42 Å². The summed E-state index contributed by atoms with van der Waals surface area (Å²) in [6.07, 6.45) is 6.05. The van der Waals surface area contributed by atoms with Crippen LogP contribution in [0.1, 0.15) is 44.7 Å². The standard InChI is InChI=1S/C20H27N3O2S2/c1-2-3-7-18-19(12-13-20(21)22-18)26-16-8-10-17(11-9-16)27(24,25)23-14-5-4-6-15-23/h8-13H,2-7,14-15H2,1H3,(H2,21,22). The van der Waals surface area contributed by atoms with E-state index in [1.54, 1.807) is 28.2 Å². The largest absolute Gasteiger partial charge is 0.384 e. The molecule has 146 valence electrons. The van der Waals surface area contributed by atoms with E-state index in [1.807, 2.05) is 24.3 Å². The summed E-state index contributed by atoms with van der Waals surface area (Å²) in [5.74, 6) is 0.536. The van der Waals surface area contributed by atoms with Crippen LogP contribution in [0.4, 0.5) is 5.82 Å². The predicted molar refractivity (Wildman–Crippen MR) is 110 cm³/mol. The first kappa shape index (κ1) is 20.2. The van der Waals surface area contributed by atoms with Gasteiger partial charge in [0, 0.05) is 22.9 Å². The van der Waals surface area contributed by atoms with E-state index in [0.717, 1.165) is 54.0 Å². The summed E-state index contributed by atoms with van der Waals surface area (Å²) in [6.45, 7) is 3.40. The minimum atomic E-state index is -3.38. The lowest BCUT2D eigenvalue weighted by Gasteiger charge is -2.25. The van der Waals surface area contributed by atoms with Crippen molar-refractivity contribution in [1.29, 1.82) is 0 Å². The van der Waals surface area contributed by atoms with Gasteiger partial charge in [0.15, 0.2) is 0 Å². The average Bonchev–Trinajstić information content (AvgIpc) is 2.69. The lowest BCUT2D eigenvalue weighted by atomic mass is 10.2. The highest BCUT2D eigenvalue weighted by Gasteiger charge is 2.25. The first-order valence-corrected chi connectivity index (χ1v) is 11.8. The second-order valence-corrected chi connectivity index (χ2v) is 9.88. The summed E-state index contributed by atoms with van der Waals surface area (Å²) in [6, 6.07) is 11.0. The molecular formula is C20H27N3O2S2. The van der Waals surface area contributed by atoms with Gasteiger partial charge in [-0.3, -0.25) is 0 Å². The van der Waals surface area contributed by atoms with Crippen molar-refractivity contribution in [2.45, 2.75) is 60.1 Å². The number of nitrogens with zero attached hydrogens (tertiary/aromatic N) is 2. The monoisotopic (exact) mass is 405 g/mol. The average molecular weight is 406 g/mol. The van der Waals surface area contributed by atoms with Crippen molar-refractivity contribution in [2.75, 3.05) is 18.8 Å². The molecule has 0 bridgehead atoms. The van der Waals surface area contributed by atoms with Crippen LogP contribution in [0.25, 0.3) is 0 Å². The van der Waals surface area contributed by atoms with E-state index in [2.05, 4.69) is 11.9 Å². The van der Waals surface area contributed by atoms with Gasteiger partial charge in [-0.05, 0) is 62.1 Å². The zero-order valence-electron chi connectivity index (χ0n) is 15.7. The second-order valence-electron chi connectivity index (χ2n) is 6.82. The summed E-state index contributed by atoms with van der Waals surface area (Å²) < 4.78 is 27.1. The molecule has 5 nitrogen and oxygen atoms in total. The summed E-state index contributed by atoms with van der Waals surface area (Å²) in [5.41, 5.74) is 6.85. The maximum absolute atomic E-state index is 12.8. The maximum Gasteiger partial charge on any atom is 0.243 e. The van der Waals surface area contributed by atoms with Crippen LogP contribution in [0.5, 0.6) is 0 Å². The van der Waals surface area contributed by atoms with Crippen molar-refractivity contribution in [3.63, 3.8) is 0 Å². The molecule has 0 saturated carbocycles. The zero-order valence-corrected chi connectivity index (χ0v) is 17.4. The number of piperidine rings is 1. The number of anilines is 1. The first-order valence-electron chi connectivity index (χ1n) is 9.54. The number of nitrogens with two attached hydrogens (primary N) is 1. The van der Waals surface area contributed by atoms with E-state index in [4.69, 9.17) is 5.73 Å². The topological polar surface area (TPSA) is 76.3 Å². The molecule has 1 aromatic carbocycles. The molecule has 1 aliphatic rings. The molecule has 2 N–H and O–H groups in total. The fourth-order valence-electron chi connectivity index (χ4n) is 3.18. The quantitative estimate of drug-likeness (QED) is 0.742. The predicted octanol–water partition coefficient (Wildman–Crippen LogP) is 4.33. The van der Waals surface area contributed by atoms with E-state index >= 15 is 0 Å². The normalized spacial score (nSPS) is 15.7. The fraction of sp³-hybridized carbons (Fsp3) is 0.450. The van der Waals surface area contributed by atoms with Gasteiger partial charge in [-0.1, -0.05) is 31.5 Å². The van der Waals surface area contributed by atoms with Crippen LogP contribution < -0.4 is 5.73 Å². The smallest absolute Gasteiger partial charge is 0.243 e. The molecule has 2 aromatic rings. The molecule has 0 aliphatic carbocycles. The van der Waals surface area contributed by atoms with Crippen LogP contribution in [0, 0.1) is 0 Å². The van der Waals surface area contributed by atoms with Gasteiger partial charge in [-0.15, -0.1) is 0 Å². The van der Waals surface area contributed by atoms with E-state index < -0.39 is 10.0 Å². The minimum absolute atomic E-state index is 0.371. The minimum Gasteiger partial charge on any atom is -0.384 e. The molecule has 0 unspecified atom stereocenters. The Balaban J connectivity index is 1.76. The molecule has 1 fully saturated rings. The van der Waals surface area contributed by atoms with Gasteiger partial charge in [-0.25, -0.2) is 13.4 Å². The molecule has 1 aromatic heterocycles. The second kappa shape index (κ2) is 9.08. The lowest BCUT2D eigenvalue weighted by Crippen LogP contribution is -2.35. The fourth-order valence-corrected chi connectivity index (χ4v) is 5.63. The number of pyridine rings is 1. The van der Waals surface area contributed by atoms with E-state index in [-0.39, 0.29) is 0 Å². The molecule has 1 saturated heterocycles. The van der Waals surface area contributed by atoms with Crippen LogP contribution in [-0.2, 0) is 16.4 Å². The van der Waals surface area contributed by atoms with Crippen molar-refractivity contribution in [1.82, 2.24) is 9.29 Å². The molecule has 0 amide bonds. The third-order valence-corrected chi connectivity index (χ3v) is 7.74. The molecular weight excluding hydrogens is 378 g/mol. The van der Waals surface area contributed by atoms with Gasteiger partial charge in [0.25, 0.3) is 0 Å². The third-order valence-electron chi connectivity index (χ3n) is 4.73. The van der Waals surface area contributed by atoms with Crippen molar-refractivity contribution < 1.29 is 8.42 Å². The number of sulfonamides is 1.